The number of nitrogens with zero attached hydrogens (tertiary/aromatic N) is 1. The Morgan fingerprint density at radius 3 is 2.76 bits per heavy atom. The highest BCUT2D eigenvalue weighted by atomic mass is 19.1. The van der Waals surface area contributed by atoms with E-state index in [1.54, 1.807) is 30.1 Å². The van der Waals surface area contributed by atoms with Crippen molar-refractivity contribution in [2.75, 3.05) is 20.7 Å². The number of benzene rings is 1. The van der Waals surface area contributed by atoms with Crippen LogP contribution in [-0.4, -0.2) is 37.5 Å². The van der Waals surface area contributed by atoms with E-state index in [4.69, 9.17) is 9.15 Å². The Bertz CT molecular complexity index is 719. The number of furan rings is 1. The second kappa shape index (κ2) is 8.84. The van der Waals surface area contributed by atoms with Crippen molar-refractivity contribution in [3.63, 3.8) is 0 Å². The molecule has 0 unspecified atom stereocenters. The molecule has 3 amide bonds. The van der Waals surface area contributed by atoms with Crippen LogP contribution in [0.4, 0.5) is 9.18 Å². The summed E-state index contributed by atoms with van der Waals surface area (Å²) in [6.45, 7) is 0.525. The summed E-state index contributed by atoms with van der Waals surface area (Å²) in [5, 5.41) is 4.73. The molecule has 1 aromatic heterocycles. The van der Waals surface area contributed by atoms with E-state index in [1.807, 2.05) is 0 Å². The van der Waals surface area contributed by atoms with Gasteiger partial charge in [0, 0.05) is 6.54 Å². The molecule has 0 bridgehead atoms. The van der Waals surface area contributed by atoms with Gasteiger partial charge in [-0.05, 0) is 36.9 Å². The van der Waals surface area contributed by atoms with Gasteiger partial charge in [0.15, 0.2) is 11.6 Å². The molecule has 2 rings (SSSR count). The minimum Gasteiger partial charge on any atom is -0.494 e. The van der Waals surface area contributed by atoms with Gasteiger partial charge in [-0.2, -0.15) is 0 Å². The van der Waals surface area contributed by atoms with Gasteiger partial charge in [0.1, 0.15) is 5.76 Å². The summed E-state index contributed by atoms with van der Waals surface area (Å²) in [5.41, 5.74) is 0.691. The van der Waals surface area contributed by atoms with E-state index < -0.39 is 17.8 Å². The minimum atomic E-state index is -0.606. The van der Waals surface area contributed by atoms with Crippen LogP contribution < -0.4 is 15.4 Å². The molecule has 7 nitrogen and oxygen atoms in total. The Labute approximate surface area is 144 Å². The molecule has 8 heteroatoms. The number of halogens is 1. The van der Waals surface area contributed by atoms with E-state index in [2.05, 4.69) is 10.6 Å². The molecule has 0 aliphatic carbocycles. The number of hydrogen-bond donors (Lipinski definition) is 2. The van der Waals surface area contributed by atoms with Crippen LogP contribution in [0.25, 0.3) is 0 Å². The van der Waals surface area contributed by atoms with Crippen molar-refractivity contribution >= 4 is 11.9 Å². The van der Waals surface area contributed by atoms with Gasteiger partial charge in [-0.1, -0.05) is 6.07 Å². The van der Waals surface area contributed by atoms with Crippen LogP contribution in [-0.2, 0) is 17.9 Å². The van der Waals surface area contributed by atoms with Crippen molar-refractivity contribution in [3.8, 4) is 5.75 Å². The van der Waals surface area contributed by atoms with Crippen molar-refractivity contribution in [3.05, 3.63) is 53.7 Å². The fourth-order valence-corrected chi connectivity index (χ4v) is 2.21. The van der Waals surface area contributed by atoms with E-state index in [-0.39, 0.29) is 18.8 Å². The molecule has 0 aliphatic rings. The molecule has 0 saturated heterocycles. The first kappa shape index (κ1) is 18.5. The second-order valence-electron chi connectivity index (χ2n) is 5.45. The van der Waals surface area contributed by atoms with Gasteiger partial charge in [0.05, 0.1) is 26.5 Å². The Balaban J connectivity index is 1.75. The lowest BCUT2D eigenvalue weighted by Gasteiger charge is -2.16. The Hall–Kier alpha value is -2.87. The van der Waals surface area contributed by atoms with Gasteiger partial charge in [-0.15, -0.1) is 0 Å². The number of methoxy groups -OCH3 is 1. The van der Waals surface area contributed by atoms with Crippen molar-refractivity contribution < 1.29 is 23.1 Å². The molecule has 2 N–H and O–H groups in total. The number of nitrogens with one attached hydrogen (secondary N) is 2. The molecule has 0 aliphatic heterocycles. The molecule has 0 atom stereocenters. The van der Waals surface area contributed by atoms with E-state index >= 15 is 0 Å². The summed E-state index contributed by atoms with van der Waals surface area (Å²) >= 11 is 0. The minimum absolute atomic E-state index is 0.0121. The van der Waals surface area contributed by atoms with Crippen LogP contribution in [0.15, 0.2) is 41.0 Å². The predicted octanol–water partition coefficient (Wildman–Crippen LogP) is 1.89. The molecule has 134 valence electrons. The Morgan fingerprint density at radius 2 is 2.12 bits per heavy atom. The van der Waals surface area contributed by atoms with Crippen LogP contribution in [0.5, 0.6) is 5.75 Å². The zero-order chi connectivity index (χ0) is 18.2. The molecule has 0 spiro atoms. The maximum Gasteiger partial charge on any atom is 0.321 e. The molecular weight excluding hydrogens is 329 g/mol. The summed E-state index contributed by atoms with van der Waals surface area (Å²) in [6.07, 6.45) is 1.50. The van der Waals surface area contributed by atoms with Gasteiger partial charge in [0.25, 0.3) is 0 Å². The fraction of sp³-hybridized carbons (Fsp3) is 0.294. The summed E-state index contributed by atoms with van der Waals surface area (Å²) in [6, 6.07) is 7.40. The van der Waals surface area contributed by atoms with Crippen LogP contribution in [0.2, 0.25) is 0 Å². The largest absolute Gasteiger partial charge is 0.494 e. The second-order valence-corrected chi connectivity index (χ2v) is 5.45. The number of amides is 3. The maximum absolute atomic E-state index is 13.7. The van der Waals surface area contributed by atoms with Crippen LogP contribution in [0, 0.1) is 5.82 Å². The fourth-order valence-electron chi connectivity index (χ4n) is 2.21. The van der Waals surface area contributed by atoms with Crippen molar-refractivity contribution in [2.45, 2.75) is 13.1 Å². The van der Waals surface area contributed by atoms with Gasteiger partial charge < -0.3 is 14.5 Å². The predicted molar refractivity (Wildman–Crippen MR) is 88.4 cm³/mol. The van der Waals surface area contributed by atoms with E-state index in [0.29, 0.717) is 17.9 Å². The van der Waals surface area contributed by atoms with Crippen molar-refractivity contribution in [1.29, 1.82) is 0 Å². The number of likely N-dealkylation sites (N-methyl/N-ethyl adjacent to an activating group) is 1. The third kappa shape index (κ3) is 5.92. The monoisotopic (exact) mass is 349 g/mol. The molecule has 1 heterocycles. The van der Waals surface area contributed by atoms with Crippen molar-refractivity contribution in [2.24, 2.45) is 0 Å². The lowest BCUT2D eigenvalue weighted by atomic mass is 10.2. The summed E-state index contributed by atoms with van der Waals surface area (Å²) in [7, 11) is 3.09. The normalized spacial score (nSPS) is 10.6. The SMILES string of the molecule is COc1ccc(CN(C)CC(=O)NC(=O)NCc2ccco2)cc1F. The first-order chi connectivity index (χ1) is 12.0. The average Bonchev–Trinajstić information content (AvgIpc) is 3.06. The summed E-state index contributed by atoms with van der Waals surface area (Å²) in [4.78, 5) is 25.2. The lowest BCUT2D eigenvalue weighted by molar-refractivity contribution is -0.120. The number of ether oxygens (including phenoxy) is 1. The van der Waals surface area contributed by atoms with Crippen LogP contribution >= 0.6 is 0 Å². The molecule has 25 heavy (non-hydrogen) atoms. The molecule has 0 radical (unpaired) electrons. The topological polar surface area (TPSA) is 83.8 Å². The summed E-state index contributed by atoms with van der Waals surface area (Å²) < 4.78 is 23.6. The van der Waals surface area contributed by atoms with E-state index in [9.17, 15) is 14.0 Å². The van der Waals surface area contributed by atoms with Gasteiger partial charge in [0.2, 0.25) is 5.91 Å². The highest BCUT2D eigenvalue weighted by Crippen LogP contribution is 2.18. The van der Waals surface area contributed by atoms with Crippen molar-refractivity contribution in [1.82, 2.24) is 15.5 Å². The number of carbonyl (C=O) groups is 2. The number of carbonyl (C=O) groups excluding carboxylic acids is 2. The average molecular weight is 349 g/mol. The van der Waals surface area contributed by atoms with Crippen LogP contribution in [0.1, 0.15) is 11.3 Å². The van der Waals surface area contributed by atoms with Gasteiger partial charge in [-0.3, -0.25) is 15.0 Å². The van der Waals surface area contributed by atoms with Gasteiger partial charge in [-0.25, -0.2) is 9.18 Å². The van der Waals surface area contributed by atoms with E-state index in [1.165, 1.54) is 25.5 Å². The molecule has 0 saturated carbocycles. The number of rotatable bonds is 7. The van der Waals surface area contributed by atoms with Crippen LogP contribution in [0.3, 0.4) is 0 Å². The standard InChI is InChI=1S/C17H20FN3O4/c1-21(10-12-5-6-15(24-2)14(18)8-12)11-16(22)20-17(23)19-9-13-4-3-7-25-13/h3-8H,9-11H2,1-2H3,(H2,19,20,22,23). The maximum atomic E-state index is 13.7. The third-order valence-electron chi connectivity index (χ3n) is 3.34. The Kier molecular flexibility index (Phi) is 6.53. The quantitative estimate of drug-likeness (QED) is 0.797. The highest BCUT2D eigenvalue weighted by molar-refractivity contribution is 5.95. The number of urea groups is 1. The zero-order valence-corrected chi connectivity index (χ0v) is 14.0. The first-order valence-electron chi connectivity index (χ1n) is 7.59. The van der Waals surface area contributed by atoms with E-state index in [0.717, 1.165) is 0 Å². The molecule has 0 fully saturated rings. The first-order valence-corrected chi connectivity index (χ1v) is 7.59. The molecule has 2 aromatic rings. The van der Waals surface area contributed by atoms with Gasteiger partial charge >= 0.3 is 6.03 Å². The highest BCUT2D eigenvalue weighted by Gasteiger charge is 2.12. The number of hydrogen-bond acceptors (Lipinski definition) is 5. The Morgan fingerprint density at radius 1 is 1.32 bits per heavy atom. The molecule has 1 aromatic carbocycles. The third-order valence-corrected chi connectivity index (χ3v) is 3.34. The molecular formula is C17H20FN3O4. The smallest absolute Gasteiger partial charge is 0.321 e. The zero-order valence-electron chi connectivity index (χ0n) is 14.0. The summed E-state index contributed by atoms with van der Waals surface area (Å²) in [5.74, 6) is -0.179. The lowest BCUT2D eigenvalue weighted by Crippen LogP contribution is -2.43. The number of imide groups is 1.